The maximum Gasteiger partial charge on any atom is 0.135 e. The molecule has 1 aromatic heterocycles. The Bertz CT molecular complexity index is 557. The molecule has 2 N–H and O–H groups in total. The Morgan fingerprint density at radius 3 is 2.65 bits per heavy atom. The van der Waals surface area contributed by atoms with Gasteiger partial charge in [-0.05, 0) is 12.1 Å². The van der Waals surface area contributed by atoms with Gasteiger partial charge in [-0.25, -0.2) is 13.8 Å². The van der Waals surface area contributed by atoms with E-state index in [1.807, 2.05) is 0 Å². The molecule has 20 heavy (non-hydrogen) atoms. The first-order valence-corrected chi connectivity index (χ1v) is 7.90. The first-order valence-electron chi connectivity index (χ1n) is 5.87. The first-order chi connectivity index (χ1) is 9.61. The van der Waals surface area contributed by atoms with Crippen LogP contribution >= 0.6 is 23.1 Å². The largest absolute Gasteiger partial charge is 0.394 e. The molecule has 0 spiro atoms. The molecular weight excluding hydrogens is 304 g/mol. The molecule has 0 fully saturated rings. The summed E-state index contributed by atoms with van der Waals surface area (Å²) in [7, 11) is 0. The molecule has 0 saturated heterocycles. The predicted molar refractivity (Wildman–Crippen MR) is 76.7 cm³/mol. The number of nitrogens with zero attached hydrogens (tertiary/aromatic N) is 1. The summed E-state index contributed by atoms with van der Waals surface area (Å²) in [4.78, 5) is 4.20. The van der Waals surface area contributed by atoms with Gasteiger partial charge in [-0.2, -0.15) is 11.8 Å². The van der Waals surface area contributed by atoms with Crippen molar-refractivity contribution in [2.24, 2.45) is 0 Å². The summed E-state index contributed by atoms with van der Waals surface area (Å²) >= 11 is 2.72. The summed E-state index contributed by atoms with van der Waals surface area (Å²) in [6, 6.07) is 3.71. The molecule has 1 heterocycles. The van der Waals surface area contributed by atoms with Gasteiger partial charge in [0.2, 0.25) is 0 Å². The summed E-state index contributed by atoms with van der Waals surface area (Å²) in [5.74, 6) is -0.354. The third-order valence-corrected chi connectivity index (χ3v) is 4.65. The van der Waals surface area contributed by atoms with E-state index in [0.29, 0.717) is 11.5 Å². The number of thiazole rings is 1. The molecule has 0 saturated carbocycles. The number of thioether (sulfide) groups is 1. The van der Waals surface area contributed by atoms with Gasteiger partial charge in [0.15, 0.2) is 0 Å². The van der Waals surface area contributed by atoms with Crippen LogP contribution in [0.1, 0.15) is 5.01 Å². The molecule has 3 nitrogen and oxygen atoms in total. The van der Waals surface area contributed by atoms with Gasteiger partial charge in [0, 0.05) is 16.9 Å². The van der Waals surface area contributed by atoms with E-state index >= 15 is 0 Å². The Morgan fingerprint density at radius 1 is 1.30 bits per heavy atom. The number of aromatic nitrogens is 1. The molecule has 0 bridgehead atoms. The van der Waals surface area contributed by atoms with Gasteiger partial charge in [0.05, 0.1) is 24.0 Å². The van der Waals surface area contributed by atoms with E-state index < -0.39 is 17.7 Å². The first kappa shape index (κ1) is 15.4. The molecule has 0 unspecified atom stereocenters. The monoisotopic (exact) mass is 317 g/mol. The zero-order chi connectivity index (χ0) is 14.5. The molecule has 0 amide bonds. The molecule has 7 heteroatoms. The van der Waals surface area contributed by atoms with Crippen LogP contribution in [0.2, 0.25) is 0 Å². The lowest BCUT2D eigenvalue weighted by molar-refractivity contribution is 0.113. The topological polar surface area (TPSA) is 53.4 Å². The number of hydrogen-bond donors (Lipinski definition) is 2. The second kappa shape index (κ2) is 7.12. The van der Waals surface area contributed by atoms with Gasteiger partial charge in [-0.3, -0.25) is 0 Å². The van der Waals surface area contributed by atoms with Crippen molar-refractivity contribution in [3.63, 3.8) is 0 Å². The lowest BCUT2D eigenvalue weighted by Crippen LogP contribution is -2.14. The van der Waals surface area contributed by atoms with E-state index in [1.165, 1.54) is 41.3 Å². The highest BCUT2D eigenvalue weighted by Gasteiger charge is 2.14. The van der Waals surface area contributed by atoms with Crippen LogP contribution in [-0.4, -0.2) is 33.7 Å². The number of benzene rings is 1. The molecule has 2 aromatic rings. The number of aliphatic hydroxyl groups excluding tert-OH is 2. The maximum absolute atomic E-state index is 13.6. The van der Waals surface area contributed by atoms with Gasteiger partial charge in [-0.1, -0.05) is 6.07 Å². The minimum absolute atomic E-state index is 0.115. The van der Waals surface area contributed by atoms with Gasteiger partial charge >= 0.3 is 0 Å². The quantitative estimate of drug-likeness (QED) is 0.860. The fourth-order valence-electron chi connectivity index (χ4n) is 1.57. The highest BCUT2D eigenvalue weighted by Crippen LogP contribution is 2.28. The van der Waals surface area contributed by atoms with Crippen molar-refractivity contribution in [3.05, 3.63) is 40.2 Å². The lowest BCUT2D eigenvalue weighted by atomic mass is 10.1. The van der Waals surface area contributed by atoms with Gasteiger partial charge in [0.25, 0.3) is 0 Å². The number of rotatable bonds is 6. The summed E-state index contributed by atoms with van der Waals surface area (Å²) < 4.78 is 27.2. The fourth-order valence-corrected chi connectivity index (χ4v) is 3.40. The normalized spacial score (nSPS) is 12.6. The fraction of sp³-hybridized carbons (Fsp3) is 0.308. The van der Waals surface area contributed by atoms with Crippen molar-refractivity contribution < 1.29 is 19.0 Å². The third-order valence-electron chi connectivity index (χ3n) is 2.52. The Balaban J connectivity index is 2.06. The minimum Gasteiger partial charge on any atom is -0.394 e. The lowest BCUT2D eigenvalue weighted by Gasteiger charge is -2.04. The van der Waals surface area contributed by atoms with Gasteiger partial charge in [0.1, 0.15) is 16.6 Å². The molecule has 0 aliphatic carbocycles. The second-order valence-corrected chi connectivity index (χ2v) is 6.05. The van der Waals surface area contributed by atoms with Crippen molar-refractivity contribution in [2.75, 3.05) is 12.4 Å². The van der Waals surface area contributed by atoms with Crippen LogP contribution in [-0.2, 0) is 5.75 Å². The van der Waals surface area contributed by atoms with Crippen LogP contribution in [0.3, 0.4) is 0 Å². The molecule has 0 radical (unpaired) electrons. The average molecular weight is 317 g/mol. The Hall–Kier alpha value is -1.02. The Labute approximate surface area is 123 Å². The van der Waals surface area contributed by atoms with Gasteiger partial charge < -0.3 is 10.2 Å². The molecule has 2 rings (SSSR count). The SMILES string of the molecule is OC[C@H](O)CSCc1nc(-c2c(F)cccc2F)cs1. The molecule has 1 atom stereocenters. The van der Waals surface area contributed by atoms with Crippen molar-refractivity contribution in [1.82, 2.24) is 4.98 Å². The van der Waals surface area contributed by atoms with Crippen molar-refractivity contribution in [3.8, 4) is 11.3 Å². The van der Waals surface area contributed by atoms with E-state index in [2.05, 4.69) is 4.98 Å². The van der Waals surface area contributed by atoms with E-state index in [4.69, 9.17) is 5.11 Å². The van der Waals surface area contributed by atoms with E-state index in [9.17, 15) is 13.9 Å². The van der Waals surface area contributed by atoms with Crippen LogP contribution < -0.4 is 0 Å². The maximum atomic E-state index is 13.6. The molecule has 108 valence electrons. The minimum atomic E-state index is -0.761. The second-order valence-electron chi connectivity index (χ2n) is 4.07. The molecule has 1 aromatic carbocycles. The summed E-state index contributed by atoms with van der Waals surface area (Å²) in [5, 5.41) is 20.2. The van der Waals surface area contributed by atoms with Crippen LogP contribution in [0.5, 0.6) is 0 Å². The van der Waals surface area contributed by atoms with Crippen LogP contribution in [0, 0.1) is 11.6 Å². The Morgan fingerprint density at radius 2 is 2.00 bits per heavy atom. The van der Waals surface area contributed by atoms with Crippen molar-refractivity contribution in [1.29, 1.82) is 0 Å². The van der Waals surface area contributed by atoms with Crippen LogP contribution in [0.25, 0.3) is 11.3 Å². The third kappa shape index (κ3) is 3.76. The summed E-state index contributed by atoms with van der Waals surface area (Å²) in [5.41, 5.74) is 0.166. The van der Waals surface area contributed by atoms with E-state index in [-0.39, 0.29) is 17.9 Å². The number of aliphatic hydroxyl groups is 2. The smallest absolute Gasteiger partial charge is 0.135 e. The van der Waals surface area contributed by atoms with Crippen molar-refractivity contribution >= 4 is 23.1 Å². The zero-order valence-electron chi connectivity index (χ0n) is 10.4. The van der Waals surface area contributed by atoms with Crippen LogP contribution in [0.15, 0.2) is 23.6 Å². The predicted octanol–water partition coefficient (Wildman–Crippen LogP) is 2.67. The van der Waals surface area contributed by atoms with Crippen molar-refractivity contribution in [2.45, 2.75) is 11.9 Å². The Kier molecular flexibility index (Phi) is 5.47. The van der Waals surface area contributed by atoms with Crippen LogP contribution in [0.4, 0.5) is 8.78 Å². The standard InChI is InChI=1S/C13H13F2NO2S2/c14-9-2-1-3-10(15)13(9)11-6-20-12(16-11)7-19-5-8(18)4-17/h1-3,6,8,17-18H,4-5,7H2/t8-/m0/s1. The molecule has 0 aliphatic heterocycles. The van der Waals surface area contributed by atoms with E-state index in [1.54, 1.807) is 5.38 Å². The zero-order valence-corrected chi connectivity index (χ0v) is 12.1. The highest BCUT2D eigenvalue weighted by molar-refractivity contribution is 7.98. The summed E-state index contributed by atoms with van der Waals surface area (Å²) in [6.45, 7) is -0.281. The van der Waals surface area contributed by atoms with E-state index in [0.717, 1.165) is 5.01 Å². The number of hydrogen-bond acceptors (Lipinski definition) is 5. The number of halogens is 2. The van der Waals surface area contributed by atoms with Gasteiger partial charge in [-0.15, -0.1) is 11.3 Å². The molecule has 0 aliphatic rings. The summed E-state index contributed by atoms with van der Waals surface area (Å²) in [6.07, 6.45) is -0.761. The highest BCUT2D eigenvalue weighted by atomic mass is 32.2. The molecular formula is C13H13F2NO2S2. The average Bonchev–Trinajstić information content (AvgIpc) is 2.87.